The summed E-state index contributed by atoms with van der Waals surface area (Å²) in [6.07, 6.45) is 17.0. The molecule has 31 heavy (non-hydrogen) atoms. The van der Waals surface area contributed by atoms with E-state index >= 15 is 0 Å². The normalized spacial score (nSPS) is 34.8. The second-order valence-corrected chi connectivity index (χ2v) is 10.5. The molecule has 4 heteroatoms. The summed E-state index contributed by atoms with van der Waals surface area (Å²) in [6, 6.07) is 5.26. The summed E-state index contributed by atoms with van der Waals surface area (Å²) < 4.78 is 25.7. The summed E-state index contributed by atoms with van der Waals surface area (Å²) in [7, 11) is 0. The first-order valence-corrected chi connectivity index (χ1v) is 12.8. The SMILES string of the molecule is C/C=C/[C@H]1CO[C@H]([C@H]2CC[C@H]([C@H]3CC[C@H](CCc4ccc(Cl)c(F)c4)CC3)CC2)OC1. The minimum atomic E-state index is -0.292. The third-order valence-corrected chi connectivity index (χ3v) is 8.31. The molecule has 0 aromatic heterocycles. The Morgan fingerprint density at radius 2 is 1.55 bits per heavy atom. The van der Waals surface area contributed by atoms with Gasteiger partial charge in [-0.05, 0) is 93.7 Å². The molecule has 0 atom stereocenters. The number of benzene rings is 1. The molecule has 2 nitrogen and oxygen atoms in total. The van der Waals surface area contributed by atoms with Crippen molar-refractivity contribution in [3.05, 3.63) is 46.8 Å². The van der Waals surface area contributed by atoms with Crippen molar-refractivity contribution >= 4 is 11.6 Å². The molecule has 2 saturated carbocycles. The van der Waals surface area contributed by atoms with Crippen LogP contribution in [0.3, 0.4) is 0 Å². The van der Waals surface area contributed by atoms with E-state index in [0.29, 0.717) is 11.8 Å². The topological polar surface area (TPSA) is 18.5 Å². The lowest BCUT2D eigenvalue weighted by molar-refractivity contribution is -0.223. The van der Waals surface area contributed by atoms with Gasteiger partial charge in [-0.3, -0.25) is 0 Å². The van der Waals surface area contributed by atoms with E-state index in [-0.39, 0.29) is 17.1 Å². The lowest BCUT2D eigenvalue weighted by Crippen LogP contribution is -2.38. The van der Waals surface area contributed by atoms with E-state index in [1.165, 1.54) is 57.8 Å². The first-order chi connectivity index (χ1) is 15.1. The van der Waals surface area contributed by atoms with Gasteiger partial charge in [0, 0.05) is 11.8 Å². The third kappa shape index (κ3) is 6.33. The van der Waals surface area contributed by atoms with E-state index in [2.05, 4.69) is 19.1 Å². The standard InChI is InChI=1S/C27H38ClFO2/c1-2-3-21-17-30-27(31-18-21)24-13-11-23(12-14-24)22-9-6-19(7-10-22)4-5-20-8-15-25(28)26(29)16-20/h2-3,8,15-16,19,21-24,27H,4-7,9-14,17-18H2,1H3/b3-2+/t19-,21-,22-,23-,24-,27-. The van der Waals surface area contributed by atoms with Crippen LogP contribution in [0.2, 0.25) is 5.02 Å². The Balaban J connectivity index is 1.15. The van der Waals surface area contributed by atoms with Gasteiger partial charge in [0.25, 0.3) is 0 Å². The summed E-state index contributed by atoms with van der Waals surface area (Å²) >= 11 is 5.80. The molecule has 4 rings (SSSR count). The van der Waals surface area contributed by atoms with Crippen molar-refractivity contribution in [3.8, 4) is 0 Å². The van der Waals surface area contributed by atoms with Gasteiger partial charge in [-0.25, -0.2) is 4.39 Å². The van der Waals surface area contributed by atoms with Crippen LogP contribution in [0.15, 0.2) is 30.4 Å². The van der Waals surface area contributed by atoms with Crippen molar-refractivity contribution in [2.75, 3.05) is 13.2 Å². The van der Waals surface area contributed by atoms with Gasteiger partial charge in [0.15, 0.2) is 6.29 Å². The highest BCUT2D eigenvalue weighted by atomic mass is 35.5. The number of hydrogen-bond acceptors (Lipinski definition) is 2. The molecule has 0 amide bonds. The van der Waals surface area contributed by atoms with Crippen LogP contribution in [0.1, 0.15) is 70.3 Å². The first kappa shape index (κ1) is 23.3. The second kappa shape index (κ2) is 11.3. The zero-order chi connectivity index (χ0) is 21.6. The molecule has 172 valence electrons. The third-order valence-electron chi connectivity index (χ3n) is 8.00. The maximum Gasteiger partial charge on any atom is 0.160 e. The van der Waals surface area contributed by atoms with Crippen LogP contribution in [-0.2, 0) is 15.9 Å². The summed E-state index contributed by atoms with van der Waals surface area (Å²) in [6.45, 7) is 3.67. The predicted octanol–water partition coefficient (Wildman–Crippen LogP) is 7.59. The van der Waals surface area contributed by atoms with E-state index in [4.69, 9.17) is 21.1 Å². The van der Waals surface area contributed by atoms with Crippen LogP contribution in [0, 0.1) is 35.4 Å². The van der Waals surface area contributed by atoms with Crippen molar-refractivity contribution in [2.45, 2.75) is 77.4 Å². The smallest absolute Gasteiger partial charge is 0.160 e. The van der Waals surface area contributed by atoms with Crippen LogP contribution in [0.25, 0.3) is 0 Å². The number of hydrogen-bond donors (Lipinski definition) is 0. The van der Waals surface area contributed by atoms with Crippen molar-refractivity contribution in [3.63, 3.8) is 0 Å². The lowest BCUT2D eigenvalue weighted by atomic mass is 9.68. The molecule has 1 saturated heterocycles. The Kier molecular flexibility index (Phi) is 8.48. The molecule has 3 fully saturated rings. The van der Waals surface area contributed by atoms with E-state index in [0.717, 1.165) is 43.0 Å². The van der Waals surface area contributed by atoms with E-state index < -0.39 is 0 Å². The van der Waals surface area contributed by atoms with Gasteiger partial charge in [0.2, 0.25) is 0 Å². The minimum Gasteiger partial charge on any atom is -0.352 e. The quantitative estimate of drug-likeness (QED) is 0.417. The van der Waals surface area contributed by atoms with Crippen molar-refractivity contribution in [1.82, 2.24) is 0 Å². The largest absolute Gasteiger partial charge is 0.352 e. The fourth-order valence-electron chi connectivity index (χ4n) is 6.09. The van der Waals surface area contributed by atoms with E-state index in [1.807, 2.05) is 6.07 Å². The lowest BCUT2D eigenvalue weighted by Gasteiger charge is -2.40. The molecule has 1 aromatic rings. The van der Waals surface area contributed by atoms with Gasteiger partial charge in [0.1, 0.15) is 5.82 Å². The maximum absolute atomic E-state index is 13.6. The van der Waals surface area contributed by atoms with Gasteiger partial charge in [-0.2, -0.15) is 0 Å². The molecule has 1 heterocycles. The van der Waals surface area contributed by atoms with Crippen LogP contribution < -0.4 is 0 Å². The highest BCUT2D eigenvalue weighted by molar-refractivity contribution is 6.30. The zero-order valence-corrected chi connectivity index (χ0v) is 19.7. The minimum absolute atomic E-state index is 0.0240. The number of rotatable bonds is 6. The Morgan fingerprint density at radius 1 is 0.935 bits per heavy atom. The molecule has 3 aliphatic rings. The molecule has 0 N–H and O–H groups in total. The number of aryl methyl sites for hydroxylation is 1. The molecule has 0 bridgehead atoms. The molecule has 1 aromatic carbocycles. The summed E-state index contributed by atoms with van der Waals surface area (Å²) in [4.78, 5) is 0. The number of ether oxygens (including phenoxy) is 2. The summed E-state index contributed by atoms with van der Waals surface area (Å²) in [5.41, 5.74) is 1.08. The molecule has 0 spiro atoms. The maximum atomic E-state index is 13.6. The fourth-order valence-corrected chi connectivity index (χ4v) is 6.21. The summed E-state index contributed by atoms with van der Waals surface area (Å²) in [5, 5.41) is 0.221. The highest BCUT2D eigenvalue weighted by Crippen LogP contribution is 2.43. The Bertz CT molecular complexity index is 712. The van der Waals surface area contributed by atoms with Gasteiger partial charge < -0.3 is 9.47 Å². The van der Waals surface area contributed by atoms with E-state index in [9.17, 15) is 4.39 Å². The predicted molar refractivity (Wildman–Crippen MR) is 125 cm³/mol. The van der Waals surface area contributed by atoms with Gasteiger partial charge in [-0.1, -0.05) is 42.7 Å². The zero-order valence-electron chi connectivity index (χ0n) is 18.9. The van der Waals surface area contributed by atoms with Crippen molar-refractivity contribution in [1.29, 1.82) is 0 Å². The first-order valence-electron chi connectivity index (χ1n) is 12.4. The fraction of sp³-hybridized carbons (Fsp3) is 0.704. The molecular formula is C27H38ClFO2. The Hall–Kier alpha value is -0.900. The van der Waals surface area contributed by atoms with Gasteiger partial charge in [-0.15, -0.1) is 0 Å². The van der Waals surface area contributed by atoms with Crippen LogP contribution >= 0.6 is 11.6 Å². The van der Waals surface area contributed by atoms with E-state index in [1.54, 1.807) is 12.1 Å². The number of halogens is 2. The van der Waals surface area contributed by atoms with Crippen molar-refractivity contribution in [2.24, 2.45) is 29.6 Å². The number of allylic oxidation sites excluding steroid dienone is 1. The average Bonchev–Trinajstić information content (AvgIpc) is 2.81. The Labute approximate surface area is 192 Å². The highest BCUT2D eigenvalue weighted by Gasteiger charge is 2.35. The molecule has 1 aliphatic heterocycles. The second-order valence-electron chi connectivity index (χ2n) is 10.1. The monoisotopic (exact) mass is 448 g/mol. The average molecular weight is 449 g/mol. The molecule has 2 aliphatic carbocycles. The van der Waals surface area contributed by atoms with Gasteiger partial charge in [0.05, 0.1) is 18.2 Å². The molecule has 0 radical (unpaired) electrons. The molecular weight excluding hydrogens is 411 g/mol. The van der Waals surface area contributed by atoms with Gasteiger partial charge >= 0.3 is 0 Å². The Morgan fingerprint density at radius 3 is 2.16 bits per heavy atom. The van der Waals surface area contributed by atoms with Crippen LogP contribution in [0.4, 0.5) is 4.39 Å². The van der Waals surface area contributed by atoms with Crippen LogP contribution in [0.5, 0.6) is 0 Å². The van der Waals surface area contributed by atoms with Crippen LogP contribution in [-0.4, -0.2) is 19.5 Å². The summed E-state index contributed by atoms with van der Waals surface area (Å²) in [5.74, 6) is 3.30. The molecule has 0 unspecified atom stereocenters. The van der Waals surface area contributed by atoms with Crippen molar-refractivity contribution < 1.29 is 13.9 Å².